The maximum absolute atomic E-state index is 4.33. The van der Waals surface area contributed by atoms with Gasteiger partial charge >= 0.3 is 0 Å². The Morgan fingerprint density at radius 2 is 2.10 bits per heavy atom. The molecule has 1 aliphatic heterocycles. The summed E-state index contributed by atoms with van der Waals surface area (Å²) in [6.07, 6.45) is 7.80. The first-order chi connectivity index (χ1) is 10.0. The highest BCUT2D eigenvalue weighted by Gasteiger charge is 2.39. The molecule has 4 heteroatoms. The van der Waals surface area contributed by atoms with Crippen LogP contribution in [0.5, 0.6) is 0 Å². The van der Waals surface area contributed by atoms with E-state index in [0.29, 0.717) is 11.6 Å². The number of piperazine rings is 1. The van der Waals surface area contributed by atoms with Gasteiger partial charge < -0.3 is 5.32 Å². The molecule has 21 heavy (non-hydrogen) atoms. The summed E-state index contributed by atoms with van der Waals surface area (Å²) in [6, 6.07) is 0.609. The summed E-state index contributed by atoms with van der Waals surface area (Å²) >= 11 is 0. The van der Waals surface area contributed by atoms with Gasteiger partial charge in [-0.25, -0.2) is 0 Å². The van der Waals surface area contributed by atoms with Crippen molar-refractivity contribution in [1.82, 2.24) is 20.0 Å². The number of nitrogens with zero attached hydrogens (tertiary/aromatic N) is 3. The number of aromatic nitrogens is 2. The molecule has 2 rings (SSSR count). The molecule has 1 aromatic heterocycles. The molecule has 0 saturated carbocycles. The van der Waals surface area contributed by atoms with Crippen LogP contribution in [0.25, 0.3) is 0 Å². The minimum atomic E-state index is 0.291. The average Bonchev–Trinajstić information content (AvgIpc) is 2.92. The van der Waals surface area contributed by atoms with Crippen LogP contribution in [-0.4, -0.2) is 39.4 Å². The third-order valence-corrected chi connectivity index (χ3v) is 5.56. The number of hydrogen-bond acceptors (Lipinski definition) is 3. The predicted molar refractivity (Wildman–Crippen MR) is 88.2 cm³/mol. The highest BCUT2D eigenvalue weighted by Crippen LogP contribution is 2.30. The summed E-state index contributed by atoms with van der Waals surface area (Å²) in [6.45, 7) is 12.6. The Hall–Kier alpha value is -0.870. The fourth-order valence-electron chi connectivity index (χ4n) is 3.55. The van der Waals surface area contributed by atoms with Gasteiger partial charge in [0.15, 0.2) is 0 Å². The van der Waals surface area contributed by atoms with Crippen LogP contribution >= 0.6 is 0 Å². The summed E-state index contributed by atoms with van der Waals surface area (Å²) in [5, 5.41) is 8.15. The van der Waals surface area contributed by atoms with Crippen LogP contribution < -0.4 is 5.32 Å². The third kappa shape index (κ3) is 3.49. The molecule has 0 aromatic carbocycles. The van der Waals surface area contributed by atoms with E-state index in [-0.39, 0.29) is 0 Å². The van der Waals surface area contributed by atoms with Crippen molar-refractivity contribution in [2.75, 3.05) is 13.1 Å². The molecule has 1 aromatic rings. The summed E-state index contributed by atoms with van der Waals surface area (Å²) in [5.41, 5.74) is 1.62. The minimum absolute atomic E-state index is 0.291. The van der Waals surface area contributed by atoms with Crippen molar-refractivity contribution >= 4 is 0 Å². The molecular formula is C17H32N4. The second-order valence-electron chi connectivity index (χ2n) is 6.71. The maximum Gasteiger partial charge on any atom is 0.0534 e. The Labute approximate surface area is 129 Å². The Balaban J connectivity index is 2.16. The van der Waals surface area contributed by atoms with Gasteiger partial charge in [-0.05, 0) is 18.8 Å². The van der Waals surface area contributed by atoms with E-state index in [1.54, 1.807) is 0 Å². The molecule has 0 amide bonds. The van der Waals surface area contributed by atoms with Crippen molar-refractivity contribution in [2.45, 2.75) is 65.1 Å². The zero-order valence-electron chi connectivity index (χ0n) is 14.4. The lowest BCUT2D eigenvalue weighted by Crippen LogP contribution is -2.65. The Morgan fingerprint density at radius 3 is 2.62 bits per heavy atom. The van der Waals surface area contributed by atoms with Crippen molar-refractivity contribution in [3.05, 3.63) is 18.0 Å². The van der Waals surface area contributed by atoms with Gasteiger partial charge in [0.1, 0.15) is 0 Å². The lowest BCUT2D eigenvalue weighted by Gasteiger charge is -2.50. The molecule has 1 fully saturated rings. The van der Waals surface area contributed by atoms with E-state index in [1.165, 1.54) is 24.8 Å². The van der Waals surface area contributed by atoms with Gasteiger partial charge in [-0.1, -0.05) is 34.1 Å². The SMILES string of the molecule is CCC(C)C1CN(Cc2cnn(C)c2)C(CC)(CC)CN1. The number of rotatable bonds is 6. The van der Waals surface area contributed by atoms with Gasteiger partial charge in [-0.2, -0.15) is 5.10 Å². The van der Waals surface area contributed by atoms with Crippen molar-refractivity contribution < 1.29 is 0 Å². The largest absolute Gasteiger partial charge is 0.311 e. The molecule has 4 nitrogen and oxygen atoms in total. The summed E-state index contributed by atoms with van der Waals surface area (Å²) in [5.74, 6) is 0.730. The number of hydrogen-bond donors (Lipinski definition) is 1. The van der Waals surface area contributed by atoms with E-state index < -0.39 is 0 Å². The Morgan fingerprint density at radius 1 is 1.38 bits per heavy atom. The normalized spacial score (nSPS) is 24.1. The van der Waals surface area contributed by atoms with Gasteiger partial charge in [-0.15, -0.1) is 0 Å². The average molecular weight is 292 g/mol. The first-order valence-corrected chi connectivity index (χ1v) is 8.50. The molecular weight excluding hydrogens is 260 g/mol. The molecule has 1 saturated heterocycles. The van der Waals surface area contributed by atoms with Crippen LogP contribution in [0.2, 0.25) is 0 Å². The van der Waals surface area contributed by atoms with Crippen LogP contribution in [-0.2, 0) is 13.6 Å². The summed E-state index contributed by atoms with van der Waals surface area (Å²) in [4.78, 5) is 2.71. The first kappa shape index (κ1) is 16.5. The standard InChI is InChI=1S/C17H32N4/c1-6-14(4)16-12-21(11-15-9-19-20(5)10-15)17(7-2,8-3)13-18-16/h9-10,14,16,18H,6-8,11-13H2,1-5H3. The van der Waals surface area contributed by atoms with Crippen molar-refractivity contribution in [1.29, 1.82) is 0 Å². The molecule has 1 aliphatic rings. The van der Waals surface area contributed by atoms with E-state index in [1.807, 2.05) is 17.9 Å². The zero-order valence-corrected chi connectivity index (χ0v) is 14.4. The fourth-order valence-corrected chi connectivity index (χ4v) is 3.55. The molecule has 0 spiro atoms. The fraction of sp³-hybridized carbons (Fsp3) is 0.824. The second-order valence-corrected chi connectivity index (χ2v) is 6.71. The summed E-state index contributed by atoms with van der Waals surface area (Å²) < 4.78 is 1.91. The van der Waals surface area contributed by atoms with E-state index >= 15 is 0 Å². The van der Waals surface area contributed by atoms with E-state index in [0.717, 1.165) is 25.6 Å². The highest BCUT2D eigenvalue weighted by molar-refractivity contribution is 5.07. The second kappa shape index (κ2) is 6.93. The molecule has 0 aliphatic carbocycles. The zero-order chi connectivity index (χ0) is 15.5. The van der Waals surface area contributed by atoms with Gasteiger partial charge in [-0.3, -0.25) is 9.58 Å². The Bertz CT molecular complexity index is 436. The van der Waals surface area contributed by atoms with Crippen LogP contribution in [0, 0.1) is 5.92 Å². The van der Waals surface area contributed by atoms with E-state index in [4.69, 9.17) is 0 Å². The molecule has 0 radical (unpaired) electrons. The number of aryl methyl sites for hydroxylation is 1. The van der Waals surface area contributed by atoms with Gasteiger partial charge in [0.05, 0.1) is 6.20 Å². The van der Waals surface area contributed by atoms with Crippen molar-refractivity contribution in [2.24, 2.45) is 13.0 Å². The molecule has 2 atom stereocenters. The van der Waals surface area contributed by atoms with Gasteiger partial charge in [0.2, 0.25) is 0 Å². The smallest absolute Gasteiger partial charge is 0.0534 e. The lowest BCUT2D eigenvalue weighted by atomic mass is 9.84. The molecule has 1 N–H and O–H groups in total. The third-order valence-electron chi connectivity index (χ3n) is 5.56. The van der Waals surface area contributed by atoms with Crippen LogP contribution in [0.3, 0.4) is 0 Å². The lowest BCUT2D eigenvalue weighted by molar-refractivity contribution is 0.0136. The molecule has 0 bridgehead atoms. The number of nitrogens with one attached hydrogen (secondary N) is 1. The van der Waals surface area contributed by atoms with Crippen LogP contribution in [0.15, 0.2) is 12.4 Å². The predicted octanol–water partition coefficient (Wildman–Crippen LogP) is 2.80. The maximum atomic E-state index is 4.33. The van der Waals surface area contributed by atoms with Gasteiger partial charge in [0, 0.05) is 50.0 Å². The quantitative estimate of drug-likeness (QED) is 0.875. The molecule has 2 unspecified atom stereocenters. The van der Waals surface area contributed by atoms with Crippen LogP contribution in [0.1, 0.15) is 52.5 Å². The van der Waals surface area contributed by atoms with Gasteiger partial charge in [0.25, 0.3) is 0 Å². The Kier molecular flexibility index (Phi) is 5.44. The summed E-state index contributed by atoms with van der Waals surface area (Å²) in [7, 11) is 2.00. The van der Waals surface area contributed by atoms with E-state index in [9.17, 15) is 0 Å². The van der Waals surface area contributed by atoms with E-state index in [2.05, 4.69) is 49.2 Å². The molecule has 2 heterocycles. The highest BCUT2D eigenvalue weighted by atomic mass is 15.3. The van der Waals surface area contributed by atoms with Crippen molar-refractivity contribution in [3.8, 4) is 0 Å². The monoisotopic (exact) mass is 292 g/mol. The topological polar surface area (TPSA) is 33.1 Å². The van der Waals surface area contributed by atoms with Crippen LogP contribution in [0.4, 0.5) is 0 Å². The minimum Gasteiger partial charge on any atom is -0.311 e. The van der Waals surface area contributed by atoms with Crippen molar-refractivity contribution in [3.63, 3.8) is 0 Å². The first-order valence-electron chi connectivity index (χ1n) is 8.50. The molecule has 120 valence electrons.